The number of thiophene rings is 1. The zero-order valence-electron chi connectivity index (χ0n) is 12.6. The van der Waals surface area contributed by atoms with Crippen molar-refractivity contribution in [3.8, 4) is 0 Å². The SMILES string of the molecule is CCOC(=O)c1cc(CC)sc1Nc1ccc(F)cc1[N+](=O)[O-]. The molecule has 0 aliphatic heterocycles. The number of nitrogens with one attached hydrogen (secondary N) is 1. The first-order valence-corrected chi connectivity index (χ1v) is 7.78. The van der Waals surface area contributed by atoms with Crippen molar-refractivity contribution in [3.63, 3.8) is 0 Å². The Balaban J connectivity index is 2.42. The minimum absolute atomic E-state index is 0.117. The molecular weight excluding hydrogens is 323 g/mol. The first-order valence-electron chi connectivity index (χ1n) is 6.97. The summed E-state index contributed by atoms with van der Waals surface area (Å²) < 4.78 is 18.2. The Morgan fingerprint density at radius 1 is 1.39 bits per heavy atom. The summed E-state index contributed by atoms with van der Waals surface area (Å²) in [6.45, 7) is 3.86. The van der Waals surface area contributed by atoms with Crippen molar-refractivity contribution in [1.82, 2.24) is 0 Å². The predicted octanol–water partition coefficient (Wildman–Crippen LogP) is 4.28. The van der Waals surface area contributed by atoms with Crippen LogP contribution in [0.1, 0.15) is 29.1 Å². The highest BCUT2D eigenvalue weighted by atomic mass is 32.1. The second kappa shape index (κ2) is 7.19. The van der Waals surface area contributed by atoms with Crippen LogP contribution in [0.25, 0.3) is 0 Å². The topological polar surface area (TPSA) is 81.5 Å². The van der Waals surface area contributed by atoms with Crippen LogP contribution in [0, 0.1) is 15.9 Å². The predicted molar refractivity (Wildman–Crippen MR) is 86.0 cm³/mol. The summed E-state index contributed by atoms with van der Waals surface area (Å²) in [6, 6.07) is 4.92. The molecule has 23 heavy (non-hydrogen) atoms. The highest BCUT2D eigenvalue weighted by molar-refractivity contribution is 7.16. The van der Waals surface area contributed by atoms with Crippen LogP contribution in [0.5, 0.6) is 0 Å². The van der Waals surface area contributed by atoms with E-state index in [2.05, 4.69) is 5.32 Å². The van der Waals surface area contributed by atoms with Crippen LogP contribution in [0.15, 0.2) is 24.3 Å². The number of rotatable bonds is 6. The zero-order chi connectivity index (χ0) is 17.0. The van der Waals surface area contributed by atoms with Crippen molar-refractivity contribution < 1.29 is 18.8 Å². The summed E-state index contributed by atoms with van der Waals surface area (Å²) in [5, 5.41) is 14.4. The van der Waals surface area contributed by atoms with Crippen molar-refractivity contribution in [2.24, 2.45) is 0 Å². The number of hydrogen-bond acceptors (Lipinski definition) is 6. The number of ether oxygens (including phenoxy) is 1. The summed E-state index contributed by atoms with van der Waals surface area (Å²) >= 11 is 1.30. The van der Waals surface area contributed by atoms with Crippen LogP contribution in [0.4, 0.5) is 20.8 Å². The number of anilines is 2. The van der Waals surface area contributed by atoms with E-state index in [0.29, 0.717) is 17.0 Å². The molecule has 0 saturated heterocycles. The quantitative estimate of drug-likeness (QED) is 0.483. The number of halogens is 1. The van der Waals surface area contributed by atoms with E-state index in [1.165, 1.54) is 17.4 Å². The van der Waals surface area contributed by atoms with Crippen LogP contribution < -0.4 is 5.32 Å². The second-order valence-electron chi connectivity index (χ2n) is 4.57. The normalized spacial score (nSPS) is 10.4. The van der Waals surface area contributed by atoms with E-state index in [1.54, 1.807) is 13.0 Å². The molecule has 1 N–H and O–H groups in total. The third-order valence-corrected chi connectivity index (χ3v) is 4.23. The number of nitro benzene ring substituents is 1. The highest BCUT2D eigenvalue weighted by Gasteiger charge is 2.21. The van der Waals surface area contributed by atoms with Crippen molar-refractivity contribution in [2.45, 2.75) is 20.3 Å². The Bertz CT molecular complexity index is 745. The second-order valence-corrected chi connectivity index (χ2v) is 5.71. The van der Waals surface area contributed by atoms with Crippen molar-refractivity contribution in [2.75, 3.05) is 11.9 Å². The summed E-state index contributed by atoms with van der Waals surface area (Å²) in [5.41, 5.74) is 0.0324. The highest BCUT2D eigenvalue weighted by Crippen LogP contribution is 2.35. The van der Waals surface area contributed by atoms with Gasteiger partial charge in [0, 0.05) is 4.88 Å². The van der Waals surface area contributed by atoms with Crippen molar-refractivity contribution in [1.29, 1.82) is 0 Å². The molecule has 1 aromatic carbocycles. The molecular formula is C15H15FN2O4S. The lowest BCUT2D eigenvalue weighted by Crippen LogP contribution is -2.06. The molecule has 0 fully saturated rings. The molecule has 0 bridgehead atoms. The molecule has 0 unspecified atom stereocenters. The van der Waals surface area contributed by atoms with Crippen LogP contribution in [0.2, 0.25) is 0 Å². The molecule has 0 spiro atoms. The Morgan fingerprint density at radius 3 is 2.74 bits per heavy atom. The van der Waals surface area contributed by atoms with Crippen molar-refractivity contribution in [3.05, 3.63) is 50.6 Å². The van der Waals surface area contributed by atoms with Crippen molar-refractivity contribution >= 4 is 33.7 Å². The molecule has 0 aliphatic carbocycles. The third-order valence-electron chi connectivity index (χ3n) is 3.03. The van der Waals surface area contributed by atoms with E-state index in [-0.39, 0.29) is 12.3 Å². The maximum absolute atomic E-state index is 13.2. The van der Waals surface area contributed by atoms with Gasteiger partial charge in [0.05, 0.1) is 23.2 Å². The fourth-order valence-corrected chi connectivity index (χ4v) is 2.95. The van der Waals surface area contributed by atoms with Gasteiger partial charge in [0.2, 0.25) is 0 Å². The molecule has 8 heteroatoms. The molecule has 0 radical (unpaired) electrons. The largest absolute Gasteiger partial charge is 0.462 e. The van der Waals surface area contributed by atoms with Gasteiger partial charge in [-0.1, -0.05) is 6.92 Å². The lowest BCUT2D eigenvalue weighted by Gasteiger charge is -2.07. The average molecular weight is 338 g/mol. The lowest BCUT2D eigenvalue weighted by molar-refractivity contribution is -0.384. The number of nitrogens with zero attached hydrogens (tertiary/aromatic N) is 1. The first kappa shape index (κ1) is 16.9. The fraction of sp³-hybridized carbons (Fsp3) is 0.267. The molecule has 2 rings (SSSR count). The van der Waals surface area contributed by atoms with Crippen LogP contribution in [-0.2, 0) is 11.2 Å². The van der Waals surface area contributed by atoms with Gasteiger partial charge in [0.25, 0.3) is 5.69 Å². The number of esters is 1. The molecule has 0 aliphatic rings. The van der Waals surface area contributed by atoms with Gasteiger partial charge in [-0.2, -0.15) is 0 Å². The van der Waals surface area contributed by atoms with E-state index < -0.39 is 22.4 Å². The Labute approximate surface area is 136 Å². The third kappa shape index (κ3) is 3.84. The molecule has 0 saturated carbocycles. The van der Waals surface area contributed by atoms with Gasteiger partial charge in [-0.3, -0.25) is 10.1 Å². The minimum atomic E-state index is -0.701. The molecule has 1 heterocycles. The van der Waals surface area contributed by atoms with Gasteiger partial charge in [0.1, 0.15) is 16.5 Å². The van der Waals surface area contributed by atoms with E-state index in [0.717, 1.165) is 17.0 Å². The smallest absolute Gasteiger partial charge is 0.341 e. The zero-order valence-corrected chi connectivity index (χ0v) is 13.4. The standard InChI is InChI=1S/C15H15FN2O4S/c1-3-10-8-11(15(19)22-4-2)14(23-10)17-12-6-5-9(16)7-13(12)18(20)21/h5-8,17H,3-4H2,1-2H3. The molecule has 2 aromatic rings. The van der Waals surface area contributed by atoms with E-state index in [9.17, 15) is 19.3 Å². The number of nitro groups is 1. The van der Waals surface area contributed by atoms with Gasteiger partial charge < -0.3 is 10.1 Å². The number of hydrogen-bond donors (Lipinski definition) is 1. The lowest BCUT2D eigenvalue weighted by atomic mass is 10.2. The monoisotopic (exact) mass is 338 g/mol. The maximum atomic E-state index is 13.2. The van der Waals surface area contributed by atoms with Gasteiger partial charge in [-0.25, -0.2) is 9.18 Å². The Morgan fingerprint density at radius 2 is 2.13 bits per heavy atom. The number of carbonyl (C=O) groups is 1. The Kier molecular flexibility index (Phi) is 5.28. The number of aryl methyl sites for hydroxylation is 1. The van der Waals surface area contributed by atoms with E-state index >= 15 is 0 Å². The van der Waals surface area contributed by atoms with Crippen LogP contribution >= 0.6 is 11.3 Å². The molecule has 1 aromatic heterocycles. The number of carbonyl (C=O) groups excluding carboxylic acids is 1. The van der Waals surface area contributed by atoms with E-state index in [4.69, 9.17) is 4.74 Å². The van der Waals surface area contributed by atoms with E-state index in [1.807, 2.05) is 6.92 Å². The fourth-order valence-electron chi connectivity index (χ4n) is 1.95. The number of benzene rings is 1. The molecule has 122 valence electrons. The summed E-state index contributed by atoms with van der Waals surface area (Å²) in [6.07, 6.45) is 0.713. The van der Waals surface area contributed by atoms with Gasteiger partial charge >= 0.3 is 5.97 Å². The van der Waals surface area contributed by atoms with Gasteiger partial charge in [-0.05, 0) is 31.5 Å². The molecule has 0 amide bonds. The maximum Gasteiger partial charge on any atom is 0.341 e. The first-order chi connectivity index (χ1) is 11.0. The van der Waals surface area contributed by atoms with Gasteiger partial charge in [0.15, 0.2) is 0 Å². The summed E-state index contributed by atoms with van der Waals surface area (Å²) in [7, 11) is 0. The van der Waals surface area contributed by atoms with Crippen LogP contribution in [0.3, 0.4) is 0 Å². The molecule has 0 atom stereocenters. The summed E-state index contributed by atoms with van der Waals surface area (Å²) in [5.74, 6) is -1.20. The Hall–Kier alpha value is -2.48. The summed E-state index contributed by atoms with van der Waals surface area (Å²) in [4.78, 5) is 23.3. The average Bonchev–Trinajstić information content (AvgIpc) is 2.92. The minimum Gasteiger partial charge on any atom is -0.462 e. The molecule has 6 nitrogen and oxygen atoms in total. The van der Waals surface area contributed by atoms with Gasteiger partial charge in [-0.15, -0.1) is 11.3 Å². The van der Waals surface area contributed by atoms with Crippen LogP contribution in [-0.4, -0.2) is 17.5 Å².